The Morgan fingerprint density at radius 2 is 2.06 bits per heavy atom. The first-order valence-corrected chi connectivity index (χ1v) is 11.6. The number of aliphatic hydroxyl groups excluding tert-OH is 1. The summed E-state index contributed by atoms with van der Waals surface area (Å²) < 4.78 is 8.10. The van der Waals surface area contributed by atoms with Crippen LogP contribution in [0, 0.1) is 0 Å². The van der Waals surface area contributed by atoms with E-state index < -0.39 is 11.6 Å². The predicted octanol–water partition coefficient (Wildman–Crippen LogP) is 2.57. The van der Waals surface area contributed by atoms with Crippen molar-refractivity contribution in [2.24, 2.45) is 0 Å². The van der Waals surface area contributed by atoms with Gasteiger partial charge in [0.15, 0.2) is 0 Å². The number of hydrogen-bond acceptors (Lipinski definition) is 6. The highest BCUT2D eigenvalue weighted by molar-refractivity contribution is 9.10. The zero-order chi connectivity index (χ0) is 22.5. The Labute approximate surface area is 194 Å². The molecule has 4 heterocycles. The van der Waals surface area contributed by atoms with Crippen LogP contribution in [0.25, 0.3) is 5.65 Å². The van der Waals surface area contributed by atoms with Crippen LogP contribution >= 0.6 is 15.9 Å². The quantitative estimate of drug-likeness (QED) is 0.575. The number of amides is 1. The fourth-order valence-corrected chi connectivity index (χ4v) is 5.04. The van der Waals surface area contributed by atoms with E-state index in [0.29, 0.717) is 34.8 Å². The number of benzene rings is 1. The van der Waals surface area contributed by atoms with Crippen LogP contribution in [-0.2, 0) is 13.0 Å². The molecule has 0 unspecified atom stereocenters. The highest BCUT2D eigenvalue weighted by atomic mass is 79.9. The number of likely N-dealkylation sites (tertiary alicyclic amines) is 1. The van der Waals surface area contributed by atoms with Crippen LogP contribution in [0.1, 0.15) is 41.9 Å². The number of carbonyl (C=O) groups excluding carboxylic acids is 1. The maximum atomic E-state index is 13.2. The van der Waals surface area contributed by atoms with Crippen LogP contribution < -0.4 is 10.1 Å². The van der Waals surface area contributed by atoms with E-state index in [9.17, 15) is 9.90 Å². The van der Waals surface area contributed by atoms with Gasteiger partial charge in [-0.3, -0.25) is 9.20 Å². The van der Waals surface area contributed by atoms with E-state index in [4.69, 9.17) is 4.74 Å². The third kappa shape index (κ3) is 3.78. The van der Waals surface area contributed by atoms with E-state index in [1.807, 2.05) is 26.0 Å². The summed E-state index contributed by atoms with van der Waals surface area (Å²) in [5, 5.41) is 14.6. The van der Waals surface area contributed by atoms with Crippen LogP contribution in [-0.4, -0.2) is 61.1 Å². The lowest BCUT2D eigenvalue weighted by atomic mass is 9.76. The third-order valence-corrected chi connectivity index (χ3v) is 6.73. The second-order valence-corrected chi connectivity index (χ2v) is 9.68. The molecule has 1 aromatic carbocycles. The Kier molecular flexibility index (Phi) is 5.43. The fourth-order valence-electron chi connectivity index (χ4n) is 4.66. The highest BCUT2D eigenvalue weighted by Crippen LogP contribution is 2.33. The molecule has 9 heteroatoms. The summed E-state index contributed by atoms with van der Waals surface area (Å²) in [4.78, 5) is 23.8. The van der Waals surface area contributed by atoms with Gasteiger partial charge in [-0.1, -0.05) is 24.3 Å². The van der Waals surface area contributed by atoms with Crippen LogP contribution in [0.3, 0.4) is 0 Å². The Bertz CT molecular complexity index is 1180. The Hall–Kier alpha value is -2.49. The average molecular weight is 500 g/mol. The van der Waals surface area contributed by atoms with Crippen molar-refractivity contribution < 1.29 is 14.6 Å². The van der Waals surface area contributed by atoms with Gasteiger partial charge in [0.05, 0.1) is 17.7 Å². The maximum absolute atomic E-state index is 13.2. The number of nitrogens with one attached hydrogen (secondary N) is 1. The molecule has 0 radical (unpaired) electrons. The first-order valence-electron chi connectivity index (χ1n) is 10.9. The van der Waals surface area contributed by atoms with E-state index in [0.717, 1.165) is 13.0 Å². The zero-order valence-corrected chi connectivity index (χ0v) is 19.7. The second-order valence-electron chi connectivity index (χ2n) is 8.86. The zero-order valence-electron chi connectivity index (χ0n) is 18.1. The molecule has 1 spiro atoms. The van der Waals surface area contributed by atoms with Crippen molar-refractivity contribution in [2.45, 2.75) is 51.0 Å². The van der Waals surface area contributed by atoms with Gasteiger partial charge in [0.25, 0.3) is 11.8 Å². The van der Waals surface area contributed by atoms with Crippen molar-refractivity contribution in [3.8, 4) is 5.88 Å². The smallest absolute Gasteiger partial charge is 0.274 e. The molecule has 2 N–H and O–H groups in total. The first kappa shape index (κ1) is 21.4. The van der Waals surface area contributed by atoms with Crippen molar-refractivity contribution in [3.05, 3.63) is 58.1 Å². The number of fused-ring (bicyclic) bond motifs is 2. The van der Waals surface area contributed by atoms with Crippen LogP contribution in [0.5, 0.6) is 5.88 Å². The third-order valence-electron chi connectivity index (χ3n) is 6.35. The van der Waals surface area contributed by atoms with Gasteiger partial charge in [-0.25, -0.2) is 9.97 Å². The van der Waals surface area contributed by atoms with Crippen molar-refractivity contribution in [1.82, 2.24) is 24.6 Å². The molecular weight excluding hydrogens is 474 g/mol. The minimum atomic E-state index is -0.666. The van der Waals surface area contributed by atoms with Crippen molar-refractivity contribution in [3.63, 3.8) is 0 Å². The molecule has 32 heavy (non-hydrogen) atoms. The molecule has 3 aromatic rings. The van der Waals surface area contributed by atoms with E-state index >= 15 is 0 Å². The first-order chi connectivity index (χ1) is 15.3. The number of ether oxygens (including phenoxy) is 1. The lowest BCUT2D eigenvalue weighted by Crippen LogP contribution is -2.65. The molecule has 1 saturated heterocycles. The molecule has 2 atom stereocenters. The number of β-amino-alcohol motifs (C(OH)–C–C–N with tert-alkyl or cyclic N) is 1. The molecule has 5 rings (SSSR count). The SMILES string of the molecule is CC(C)Oc1nc(Br)cn2cc(C(=O)N3CC[C@]4(Cc5ccccc5CN4)[C@H](O)C3)nc12. The molecule has 2 aliphatic heterocycles. The summed E-state index contributed by atoms with van der Waals surface area (Å²) in [5.41, 5.74) is 2.93. The molecule has 168 valence electrons. The number of carbonyl (C=O) groups is 1. The summed E-state index contributed by atoms with van der Waals surface area (Å²) in [5.74, 6) is 0.168. The van der Waals surface area contributed by atoms with Crippen molar-refractivity contribution in [1.29, 1.82) is 0 Å². The van der Waals surface area contributed by atoms with E-state index in [1.54, 1.807) is 21.7 Å². The minimum Gasteiger partial charge on any atom is -0.472 e. The van der Waals surface area contributed by atoms with Crippen molar-refractivity contribution in [2.75, 3.05) is 13.1 Å². The number of aliphatic hydroxyl groups is 1. The molecule has 0 aliphatic carbocycles. The van der Waals surface area contributed by atoms with Gasteiger partial charge in [0.1, 0.15) is 10.3 Å². The van der Waals surface area contributed by atoms with Gasteiger partial charge in [-0.05, 0) is 53.7 Å². The topological polar surface area (TPSA) is 92.0 Å². The Morgan fingerprint density at radius 3 is 2.81 bits per heavy atom. The van der Waals surface area contributed by atoms with E-state index in [-0.39, 0.29) is 18.6 Å². The van der Waals surface area contributed by atoms with Gasteiger partial charge in [0, 0.05) is 32.0 Å². The molecule has 1 amide bonds. The summed E-state index contributed by atoms with van der Waals surface area (Å²) in [7, 11) is 0. The molecule has 2 aliphatic rings. The number of aromatic nitrogens is 3. The maximum Gasteiger partial charge on any atom is 0.274 e. The van der Waals surface area contributed by atoms with Gasteiger partial charge in [0.2, 0.25) is 5.65 Å². The number of piperidine rings is 1. The Balaban J connectivity index is 1.36. The van der Waals surface area contributed by atoms with Crippen LogP contribution in [0.15, 0.2) is 41.3 Å². The number of imidazole rings is 1. The monoisotopic (exact) mass is 499 g/mol. The van der Waals surface area contributed by atoms with Gasteiger partial charge < -0.3 is 20.1 Å². The largest absolute Gasteiger partial charge is 0.472 e. The van der Waals surface area contributed by atoms with Gasteiger partial charge >= 0.3 is 0 Å². The van der Waals surface area contributed by atoms with Gasteiger partial charge in [-0.15, -0.1) is 0 Å². The van der Waals surface area contributed by atoms with Crippen molar-refractivity contribution >= 4 is 27.5 Å². The summed E-state index contributed by atoms with van der Waals surface area (Å²) >= 11 is 3.38. The van der Waals surface area contributed by atoms with E-state index in [1.165, 1.54) is 11.1 Å². The second kappa shape index (κ2) is 8.13. The number of hydrogen-bond donors (Lipinski definition) is 2. The lowest BCUT2D eigenvalue weighted by Gasteiger charge is -2.48. The Morgan fingerprint density at radius 1 is 1.28 bits per heavy atom. The highest BCUT2D eigenvalue weighted by Gasteiger charge is 2.45. The van der Waals surface area contributed by atoms with Gasteiger partial charge in [-0.2, -0.15) is 0 Å². The number of halogens is 1. The summed E-state index contributed by atoms with van der Waals surface area (Å²) in [6.07, 6.45) is 4.13. The average Bonchev–Trinajstić information content (AvgIpc) is 3.19. The normalized spacial score (nSPS) is 23.0. The standard InChI is InChI=1S/C23H26BrN5O3/c1-14(2)32-21-20-26-17(11-29(20)13-19(24)27-21)22(31)28-8-7-23(18(30)12-28)9-15-5-3-4-6-16(15)10-25-23/h3-6,11,13-14,18,25,30H,7-10,12H2,1-2H3/t18-,23+/m1/s1. The molecule has 0 saturated carbocycles. The summed E-state index contributed by atoms with van der Waals surface area (Å²) in [6.45, 7) is 5.37. The lowest BCUT2D eigenvalue weighted by molar-refractivity contribution is -0.0140. The minimum absolute atomic E-state index is 0.0713. The molecule has 8 nitrogen and oxygen atoms in total. The fraction of sp³-hybridized carbons (Fsp3) is 0.435. The number of nitrogens with zero attached hydrogens (tertiary/aromatic N) is 4. The predicted molar refractivity (Wildman–Crippen MR) is 123 cm³/mol. The molecule has 1 fully saturated rings. The van der Waals surface area contributed by atoms with E-state index in [2.05, 4.69) is 43.3 Å². The number of rotatable bonds is 3. The molecule has 0 bridgehead atoms. The van der Waals surface area contributed by atoms with Crippen LogP contribution in [0.2, 0.25) is 0 Å². The molecule has 2 aromatic heterocycles. The summed E-state index contributed by atoms with van der Waals surface area (Å²) in [6, 6.07) is 8.32. The van der Waals surface area contributed by atoms with Crippen LogP contribution in [0.4, 0.5) is 0 Å². The molecular formula is C23H26BrN5O3.